The molecule has 90 valence electrons. The molecule has 0 bridgehead atoms. The van der Waals surface area contributed by atoms with Crippen LogP contribution < -0.4 is 10.1 Å². The number of nitrogens with zero attached hydrogens (tertiary/aromatic N) is 2. The predicted octanol–water partition coefficient (Wildman–Crippen LogP) is 2.57. The van der Waals surface area contributed by atoms with Gasteiger partial charge in [-0.2, -0.15) is 5.26 Å². The largest absolute Gasteiger partial charge is 0.495 e. The van der Waals surface area contributed by atoms with E-state index in [1.165, 1.54) is 0 Å². The van der Waals surface area contributed by atoms with Gasteiger partial charge in [-0.05, 0) is 29.8 Å². The molecule has 0 saturated carbocycles. The Morgan fingerprint density at radius 1 is 1.33 bits per heavy atom. The number of pyridine rings is 1. The van der Waals surface area contributed by atoms with Gasteiger partial charge in [0.2, 0.25) is 0 Å². The SMILES string of the molecule is COc1ccc(NCc2cccc(C#N)c2)nc1. The average Bonchev–Trinajstić information content (AvgIpc) is 2.46. The van der Waals surface area contributed by atoms with Crippen LogP contribution >= 0.6 is 0 Å². The van der Waals surface area contributed by atoms with Crippen LogP contribution in [0.3, 0.4) is 0 Å². The van der Waals surface area contributed by atoms with Gasteiger partial charge in [-0.15, -0.1) is 0 Å². The van der Waals surface area contributed by atoms with E-state index in [0.717, 1.165) is 17.1 Å². The molecular weight excluding hydrogens is 226 g/mol. The first kappa shape index (κ1) is 11.9. The molecule has 0 aliphatic heterocycles. The van der Waals surface area contributed by atoms with Crippen molar-refractivity contribution >= 4 is 5.82 Å². The van der Waals surface area contributed by atoms with E-state index in [9.17, 15) is 0 Å². The van der Waals surface area contributed by atoms with Gasteiger partial charge in [0.1, 0.15) is 11.6 Å². The van der Waals surface area contributed by atoms with E-state index in [4.69, 9.17) is 10.00 Å². The molecule has 1 N–H and O–H groups in total. The first-order valence-electron chi connectivity index (χ1n) is 5.55. The Morgan fingerprint density at radius 3 is 2.89 bits per heavy atom. The monoisotopic (exact) mass is 239 g/mol. The molecular formula is C14H13N3O. The molecule has 2 aromatic rings. The molecule has 2 rings (SSSR count). The highest BCUT2D eigenvalue weighted by atomic mass is 16.5. The number of nitrogens with one attached hydrogen (secondary N) is 1. The van der Waals surface area contributed by atoms with E-state index >= 15 is 0 Å². The van der Waals surface area contributed by atoms with Crippen LogP contribution in [-0.2, 0) is 6.54 Å². The summed E-state index contributed by atoms with van der Waals surface area (Å²) in [5.74, 6) is 1.50. The minimum Gasteiger partial charge on any atom is -0.495 e. The van der Waals surface area contributed by atoms with Gasteiger partial charge in [0, 0.05) is 6.54 Å². The van der Waals surface area contributed by atoms with Gasteiger partial charge >= 0.3 is 0 Å². The number of aromatic nitrogens is 1. The Kier molecular flexibility index (Phi) is 3.77. The first-order valence-corrected chi connectivity index (χ1v) is 5.55. The fraction of sp³-hybridized carbons (Fsp3) is 0.143. The third kappa shape index (κ3) is 2.98. The summed E-state index contributed by atoms with van der Waals surface area (Å²) >= 11 is 0. The molecule has 0 unspecified atom stereocenters. The highest BCUT2D eigenvalue weighted by Gasteiger charge is 1.97. The van der Waals surface area contributed by atoms with Crippen molar-refractivity contribution in [1.82, 2.24) is 4.98 Å². The number of hydrogen-bond donors (Lipinski definition) is 1. The predicted molar refractivity (Wildman–Crippen MR) is 69.3 cm³/mol. The molecule has 1 aromatic heterocycles. The minimum atomic E-state index is 0.634. The second-order valence-electron chi connectivity index (χ2n) is 3.75. The molecule has 4 heteroatoms. The zero-order chi connectivity index (χ0) is 12.8. The molecule has 0 saturated heterocycles. The fourth-order valence-corrected chi connectivity index (χ4v) is 1.55. The molecule has 0 amide bonds. The summed E-state index contributed by atoms with van der Waals surface area (Å²) in [7, 11) is 1.61. The maximum absolute atomic E-state index is 8.81. The van der Waals surface area contributed by atoms with Crippen LogP contribution in [0.4, 0.5) is 5.82 Å². The van der Waals surface area contributed by atoms with Crippen molar-refractivity contribution in [3.63, 3.8) is 0 Å². The zero-order valence-electron chi connectivity index (χ0n) is 10.1. The van der Waals surface area contributed by atoms with Gasteiger partial charge in [0.15, 0.2) is 0 Å². The van der Waals surface area contributed by atoms with E-state index in [1.54, 1.807) is 19.4 Å². The number of hydrogen-bond acceptors (Lipinski definition) is 4. The van der Waals surface area contributed by atoms with Gasteiger partial charge in [-0.25, -0.2) is 4.98 Å². The van der Waals surface area contributed by atoms with Crippen molar-refractivity contribution in [3.05, 3.63) is 53.7 Å². The Bertz CT molecular complexity index is 558. The molecule has 18 heavy (non-hydrogen) atoms. The van der Waals surface area contributed by atoms with Crippen LogP contribution in [0, 0.1) is 11.3 Å². The van der Waals surface area contributed by atoms with Gasteiger partial charge in [0.05, 0.1) is 24.9 Å². The highest BCUT2D eigenvalue weighted by Crippen LogP contribution is 2.12. The Labute approximate surface area is 106 Å². The van der Waals surface area contributed by atoms with Gasteiger partial charge in [0.25, 0.3) is 0 Å². The van der Waals surface area contributed by atoms with Crippen LogP contribution in [0.15, 0.2) is 42.6 Å². The van der Waals surface area contributed by atoms with E-state index in [-0.39, 0.29) is 0 Å². The standard InChI is InChI=1S/C14H13N3O/c1-18-13-5-6-14(17-10-13)16-9-12-4-2-3-11(7-12)8-15/h2-7,10H,9H2,1H3,(H,16,17). The zero-order valence-corrected chi connectivity index (χ0v) is 10.1. The minimum absolute atomic E-state index is 0.634. The van der Waals surface area contributed by atoms with Crippen LogP contribution in [0.5, 0.6) is 5.75 Å². The summed E-state index contributed by atoms with van der Waals surface area (Å²) in [6, 6.07) is 13.3. The lowest BCUT2D eigenvalue weighted by atomic mass is 10.1. The van der Waals surface area contributed by atoms with Crippen molar-refractivity contribution in [2.24, 2.45) is 0 Å². The third-order valence-corrected chi connectivity index (χ3v) is 2.50. The molecule has 0 aliphatic rings. The van der Waals surface area contributed by atoms with Gasteiger partial charge < -0.3 is 10.1 Å². The Balaban J connectivity index is 2.00. The van der Waals surface area contributed by atoms with Crippen molar-refractivity contribution in [2.75, 3.05) is 12.4 Å². The fourth-order valence-electron chi connectivity index (χ4n) is 1.55. The number of methoxy groups -OCH3 is 1. The number of nitriles is 1. The average molecular weight is 239 g/mol. The molecule has 0 radical (unpaired) electrons. The van der Waals surface area contributed by atoms with Crippen molar-refractivity contribution in [3.8, 4) is 11.8 Å². The Morgan fingerprint density at radius 2 is 2.22 bits per heavy atom. The van der Waals surface area contributed by atoms with E-state index < -0.39 is 0 Å². The second kappa shape index (κ2) is 5.69. The summed E-state index contributed by atoms with van der Waals surface area (Å²) in [4.78, 5) is 4.21. The third-order valence-electron chi connectivity index (χ3n) is 2.50. The topological polar surface area (TPSA) is 57.9 Å². The number of ether oxygens (including phenoxy) is 1. The first-order chi connectivity index (χ1) is 8.81. The van der Waals surface area contributed by atoms with Crippen LogP contribution in [0.2, 0.25) is 0 Å². The lowest BCUT2D eigenvalue weighted by Crippen LogP contribution is -2.01. The summed E-state index contributed by atoms with van der Waals surface area (Å²) in [6.07, 6.45) is 1.66. The molecule has 0 aliphatic carbocycles. The molecule has 1 heterocycles. The Hall–Kier alpha value is -2.54. The van der Waals surface area contributed by atoms with Crippen LogP contribution in [0.1, 0.15) is 11.1 Å². The summed E-state index contributed by atoms with van der Waals surface area (Å²) in [6.45, 7) is 0.634. The number of rotatable bonds is 4. The van der Waals surface area contributed by atoms with E-state index in [0.29, 0.717) is 12.1 Å². The highest BCUT2D eigenvalue weighted by molar-refractivity contribution is 5.39. The quantitative estimate of drug-likeness (QED) is 0.890. The summed E-state index contributed by atoms with van der Waals surface area (Å²) in [5, 5.41) is 12.0. The number of benzene rings is 1. The second-order valence-corrected chi connectivity index (χ2v) is 3.75. The smallest absolute Gasteiger partial charge is 0.137 e. The lowest BCUT2D eigenvalue weighted by Gasteiger charge is -2.06. The molecule has 1 aromatic carbocycles. The molecule has 4 nitrogen and oxygen atoms in total. The summed E-state index contributed by atoms with van der Waals surface area (Å²) < 4.78 is 5.04. The molecule has 0 atom stereocenters. The van der Waals surface area contributed by atoms with Crippen molar-refractivity contribution in [2.45, 2.75) is 6.54 Å². The maximum atomic E-state index is 8.81. The number of anilines is 1. The van der Waals surface area contributed by atoms with Gasteiger partial charge in [-0.1, -0.05) is 12.1 Å². The van der Waals surface area contributed by atoms with Crippen molar-refractivity contribution in [1.29, 1.82) is 5.26 Å². The lowest BCUT2D eigenvalue weighted by molar-refractivity contribution is 0.413. The van der Waals surface area contributed by atoms with E-state index in [1.807, 2.05) is 30.3 Å². The van der Waals surface area contributed by atoms with Crippen molar-refractivity contribution < 1.29 is 4.74 Å². The van der Waals surface area contributed by atoms with E-state index in [2.05, 4.69) is 16.4 Å². The van der Waals surface area contributed by atoms with Crippen LogP contribution in [0.25, 0.3) is 0 Å². The molecule has 0 fully saturated rings. The van der Waals surface area contributed by atoms with Gasteiger partial charge in [-0.3, -0.25) is 0 Å². The normalized spacial score (nSPS) is 9.56. The summed E-state index contributed by atoms with van der Waals surface area (Å²) in [5.41, 5.74) is 1.71. The molecule has 0 spiro atoms. The maximum Gasteiger partial charge on any atom is 0.137 e. The van der Waals surface area contributed by atoms with Crippen LogP contribution in [-0.4, -0.2) is 12.1 Å².